The Kier molecular flexibility index (Phi) is 6.41. The molecule has 1 aromatic carbocycles. The van der Waals surface area contributed by atoms with Crippen LogP contribution in [0.3, 0.4) is 0 Å². The number of para-hydroxylation sites is 1. The first kappa shape index (κ1) is 17.7. The molecule has 7 heteroatoms. The molecule has 0 radical (unpaired) electrons. The summed E-state index contributed by atoms with van der Waals surface area (Å²) in [5.74, 6) is 0.529. The van der Waals surface area contributed by atoms with Crippen molar-refractivity contribution in [3.8, 4) is 0 Å². The molecule has 1 aliphatic rings. The van der Waals surface area contributed by atoms with E-state index < -0.39 is 0 Å². The highest BCUT2D eigenvalue weighted by molar-refractivity contribution is 8.00. The van der Waals surface area contributed by atoms with Gasteiger partial charge in [0.1, 0.15) is 0 Å². The summed E-state index contributed by atoms with van der Waals surface area (Å²) in [6, 6.07) is 6.66. The van der Waals surface area contributed by atoms with Crippen molar-refractivity contribution in [2.24, 2.45) is 0 Å². The molecule has 1 aliphatic heterocycles. The summed E-state index contributed by atoms with van der Waals surface area (Å²) in [5, 5.41) is 11.2. The van der Waals surface area contributed by atoms with Gasteiger partial charge >= 0.3 is 0 Å². The third-order valence-electron chi connectivity index (χ3n) is 4.18. The number of carbonyl (C=O) groups is 1. The first-order valence-electron chi connectivity index (χ1n) is 7.92. The number of nitro benzene ring substituents is 1. The van der Waals surface area contributed by atoms with Gasteiger partial charge in [0.05, 0.1) is 22.6 Å². The lowest BCUT2D eigenvalue weighted by Crippen LogP contribution is -2.35. The highest BCUT2D eigenvalue weighted by Crippen LogP contribution is 2.31. The smallest absolute Gasteiger partial charge is 0.274 e. The van der Waals surface area contributed by atoms with E-state index in [2.05, 4.69) is 18.7 Å². The maximum absolute atomic E-state index is 12.2. The van der Waals surface area contributed by atoms with Crippen LogP contribution in [0.4, 0.5) is 5.69 Å². The molecule has 0 bridgehead atoms. The molecule has 0 saturated carbocycles. The number of thioether (sulfide) groups is 1. The second kappa shape index (κ2) is 8.31. The molecule has 23 heavy (non-hydrogen) atoms. The summed E-state index contributed by atoms with van der Waals surface area (Å²) in [7, 11) is 0. The number of hydrogen-bond acceptors (Lipinski definition) is 5. The normalized spacial score (nSPS) is 18.0. The fourth-order valence-corrected chi connectivity index (χ4v) is 3.91. The fraction of sp³-hybridized carbons (Fsp3) is 0.562. The van der Waals surface area contributed by atoms with E-state index in [-0.39, 0.29) is 21.9 Å². The number of hydrogen-bond donors (Lipinski definition) is 0. The average molecular weight is 337 g/mol. The van der Waals surface area contributed by atoms with Crippen molar-refractivity contribution in [1.29, 1.82) is 0 Å². The number of amides is 1. The van der Waals surface area contributed by atoms with Gasteiger partial charge in [0.2, 0.25) is 5.91 Å². The fourth-order valence-electron chi connectivity index (χ4n) is 2.77. The summed E-state index contributed by atoms with van der Waals surface area (Å²) in [4.78, 5) is 27.1. The minimum Gasteiger partial charge on any atom is -0.325 e. The summed E-state index contributed by atoms with van der Waals surface area (Å²) >= 11 is 1.63. The molecule has 1 aromatic rings. The van der Waals surface area contributed by atoms with E-state index in [4.69, 9.17) is 0 Å². The zero-order valence-electron chi connectivity index (χ0n) is 13.6. The standard InChI is InChI=1S/C16H23N3O3S/c1-3-17(4-2)10-9-16-18(15(20)12-23-16)11-13-7-5-6-8-14(13)19(21)22/h5-8,16H,3-4,9-12H2,1-2H3/t16-/m0/s1. The van der Waals surface area contributed by atoms with E-state index in [0.29, 0.717) is 17.9 Å². The van der Waals surface area contributed by atoms with Crippen LogP contribution in [-0.2, 0) is 11.3 Å². The van der Waals surface area contributed by atoms with Gasteiger partial charge in [0, 0.05) is 18.2 Å². The van der Waals surface area contributed by atoms with Gasteiger partial charge in [0.25, 0.3) is 5.69 Å². The Labute approximate surface area is 141 Å². The average Bonchev–Trinajstić information content (AvgIpc) is 2.89. The first-order valence-corrected chi connectivity index (χ1v) is 8.97. The van der Waals surface area contributed by atoms with Crippen molar-refractivity contribution in [2.75, 3.05) is 25.4 Å². The van der Waals surface area contributed by atoms with Crippen molar-refractivity contribution < 1.29 is 9.72 Å². The third kappa shape index (κ3) is 4.45. The molecule has 1 atom stereocenters. The van der Waals surface area contributed by atoms with Crippen LogP contribution in [0.1, 0.15) is 25.8 Å². The van der Waals surface area contributed by atoms with Crippen LogP contribution in [-0.4, -0.2) is 51.4 Å². The van der Waals surface area contributed by atoms with Gasteiger partial charge < -0.3 is 9.80 Å². The van der Waals surface area contributed by atoms with Gasteiger partial charge in [-0.2, -0.15) is 0 Å². The highest BCUT2D eigenvalue weighted by Gasteiger charge is 2.32. The van der Waals surface area contributed by atoms with Crippen LogP contribution in [0, 0.1) is 10.1 Å². The Morgan fingerprint density at radius 2 is 2.04 bits per heavy atom. The van der Waals surface area contributed by atoms with Crippen molar-refractivity contribution >= 4 is 23.4 Å². The third-order valence-corrected chi connectivity index (χ3v) is 5.47. The molecule has 6 nitrogen and oxygen atoms in total. The summed E-state index contributed by atoms with van der Waals surface area (Å²) < 4.78 is 0. The van der Waals surface area contributed by atoms with Gasteiger partial charge in [-0.1, -0.05) is 32.0 Å². The Morgan fingerprint density at radius 3 is 2.70 bits per heavy atom. The molecule has 1 saturated heterocycles. The molecular formula is C16H23N3O3S. The Balaban J connectivity index is 2.07. The van der Waals surface area contributed by atoms with Crippen LogP contribution in [0.2, 0.25) is 0 Å². The lowest BCUT2D eigenvalue weighted by molar-refractivity contribution is -0.385. The number of carbonyl (C=O) groups excluding carboxylic acids is 1. The van der Waals surface area contributed by atoms with E-state index in [1.54, 1.807) is 34.9 Å². The van der Waals surface area contributed by atoms with Gasteiger partial charge in [-0.05, 0) is 19.5 Å². The number of nitro groups is 1. The summed E-state index contributed by atoms with van der Waals surface area (Å²) in [6.45, 7) is 7.48. The minimum absolute atomic E-state index is 0.0673. The molecular weight excluding hydrogens is 314 g/mol. The van der Waals surface area contributed by atoms with Crippen molar-refractivity contribution in [1.82, 2.24) is 9.80 Å². The summed E-state index contributed by atoms with van der Waals surface area (Å²) in [5.41, 5.74) is 0.681. The van der Waals surface area contributed by atoms with Gasteiger partial charge in [-0.25, -0.2) is 0 Å². The molecule has 1 amide bonds. The Hall–Kier alpha value is -1.60. The van der Waals surface area contributed by atoms with Crippen LogP contribution in [0.15, 0.2) is 24.3 Å². The predicted molar refractivity (Wildman–Crippen MR) is 92.3 cm³/mol. The van der Waals surface area contributed by atoms with Crippen LogP contribution < -0.4 is 0 Å². The zero-order valence-corrected chi connectivity index (χ0v) is 14.4. The van der Waals surface area contributed by atoms with Crippen LogP contribution in [0.25, 0.3) is 0 Å². The number of benzene rings is 1. The molecule has 2 rings (SSSR count). The topological polar surface area (TPSA) is 66.7 Å². The molecule has 0 aliphatic carbocycles. The second-order valence-electron chi connectivity index (χ2n) is 5.49. The van der Waals surface area contributed by atoms with Crippen molar-refractivity contribution in [2.45, 2.75) is 32.2 Å². The number of nitrogens with zero attached hydrogens (tertiary/aromatic N) is 3. The SMILES string of the molecule is CCN(CC)CC[C@@H]1SCC(=O)N1Cc1ccccc1[N+](=O)[O-]. The van der Waals surface area contributed by atoms with E-state index >= 15 is 0 Å². The molecule has 126 valence electrons. The van der Waals surface area contributed by atoms with Crippen molar-refractivity contribution in [3.05, 3.63) is 39.9 Å². The number of rotatable bonds is 8. The summed E-state index contributed by atoms with van der Waals surface area (Å²) in [6.07, 6.45) is 0.888. The second-order valence-corrected chi connectivity index (χ2v) is 6.65. The molecule has 0 unspecified atom stereocenters. The van der Waals surface area contributed by atoms with Gasteiger partial charge in [-0.15, -0.1) is 11.8 Å². The van der Waals surface area contributed by atoms with E-state index in [0.717, 1.165) is 26.1 Å². The first-order chi connectivity index (χ1) is 11.1. The maximum atomic E-state index is 12.2. The minimum atomic E-state index is -0.381. The van der Waals surface area contributed by atoms with E-state index in [1.807, 2.05) is 0 Å². The molecule has 0 N–H and O–H groups in total. The molecule has 1 fully saturated rings. The molecule has 0 spiro atoms. The van der Waals surface area contributed by atoms with Gasteiger partial charge in [-0.3, -0.25) is 14.9 Å². The lowest BCUT2D eigenvalue weighted by Gasteiger charge is -2.26. The predicted octanol–water partition coefficient (Wildman–Crippen LogP) is 2.73. The van der Waals surface area contributed by atoms with E-state index in [9.17, 15) is 14.9 Å². The monoisotopic (exact) mass is 337 g/mol. The molecule has 0 aromatic heterocycles. The van der Waals surface area contributed by atoms with Crippen molar-refractivity contribution in [3.63, 3.8) is 0 Å². The van der Waals surface area contributed by atoms with Crippen LogP contribution in [0.5, 0.6) is 0 Å². The van der Waals surface area contributed by atoms with E-state index in [1.165, 1.54) is 6.07 Å². The zero-order chi connectivity index (χ0) is 16.8. The maximum Gasteiger partial charge on any atom is 0.274 e. The Morgan fingerprint density at radius 1 is 1.35 bits per heavy atom. The highest BCUT2D eigenvalue weighted by atomic mass is 32.2. The van der Waals surface area contributed by atoms with Crippen LogP contribution >= 0.6 is 11.8 Å². The largest absolute Gasteiger partial charge is 0.325 e. The molecule has 1 heterocycles. The lowest BCUT2D eigenvalue weighted by atomic mass is 10.1. The quantitative estimate of drug-likeness (QED) is 0.539. The van der Waals surface area contributed by atoms with Gasteiger partial charge in [0.15, 0.2) is 0 Å². The Bertz CT molecular complexity index is 563.